The van der Waals surface area contributed by atoms with E-state index in [1.165, 1.54) is 4.90 Å². The first kappa shape index (κ1) is 24.1. The summed E-state index contributed by atoms with van der Waals surface area (Å²) in [7, 11) is 3.80. The van der Waals surface area contributed by atoms with Crippen molar-refractivity contribution in [3.8, 4) is 11.5 Å². The number of Topliss-reactive ketones (excluding diaryl/α,β-unsaturated/α-hetero) is 1. The van der Waals surface area contributed by atoms with E-state index in [-0.39, 0.29) is 11.3 Å². The summed E-state index contributed by atoms with van der Waals surface area (Å²) in [5.74, 6) is -0.224. The quantitative estimate of drug-likeness (QED) is 0.258. The van der Waals surface area contributed by atoms with E-state index >= 15 is 0 Å². The fourth-order valence-corrected chi connectivity index (χ4v) is 3.70. The molecule has 7 nitrogen and oxygen atoms in total. The van der Waals surface area contributed by atoms with E-state index < -0.39 is 17.7 Å². The molecule has 1 aliphatic heterocycles. The number of aliphatic hydroxyl groups is 1. The fourth-order valence-electron chi connectivity index (χ4n) is 3.70. The molecule has 0 aliphatic carbocycles. The number of ketones is 1. The van der Waals surface area contributed by atoms with Crippen molar-refractivity contribution in [3.63, 3.8) is 0 Å². The number of ether oxygens (including phenoxy) is 2. The number of aliphatic hydroxyl groups excluding tert-OH is 1. The summed E-state index contributed by atoms with van der Waals surface area (Å²) in [6.45, 7) is 7.34. The third kappa shape index (κ3) is 5.43. The van der Waals surface area contributed by atoms with Gasteiger partial charge in [-0.05, 0) is 63.0 Å². The molecule has 0 radical (unpaired) electrons. The molecule has 1 heterocycles. The molecular formula is C26H30N2O5. The predicted molar refractivity (Wildman–Crippen MR) is 127 cm³/mol. The molecule has 33 heavy (non-hydrogen) atoms. The van der Waals surface area contributed by atoms with E-state index in [1.807, 2.05) is 38.1 Å². The van der Waals surface area contributed by atoms with Crippen molar-refractivity contribution in [1.29, 1.82) is 0 Å². The molecule has 0 bridgehead atoms. The van der Waals surface area contributed by atoms with Crippen molar-refractivity contribution in [2.45, 2.75) is 13.0 Å². The maximum absolute atomic E-state index is 13.1. The van der Waals surface area contributed by atoms with Gasteiger partial charge in [-0.15, -0.1) is 0 Å². The number of hydrogen-bond donors (Lipinski definition) is 1. The maximum Gasteiger partial charge on any atom is 0.295 e. The van der Waals surface area contributed by atoms with E-state index in [1.54, 1.807) is 42.5 Å². The highest BCUT2D eigenvalue weighted by Gasteiger charge is 2.45. The van der Waals surface area contributed by atoms with Gasteiger partial charge in [0.1, 0.15) is 23.9 Å². The average molecular weight is 451 g/mol. The highest BCUT2D eigenvalue weighted by Crippen LogP contribution is 2.39. The van der Waals surface area contributed by atoms with Crippen molar-refractivity contribution in [3.05, 3.63) is 77.9 Å². The van der Waals surface area contributed by atoms with Crippen LogP contribution in [0.5, 0.6) is 11.5 Å². The van der Waals surface area contributed by atoms with Gasteiger partial charge in [-0.1, -0.05) is 24.8 Å². The second-order valence-corrected chi connectivity index (χ2v) is 7.92. The van der Waals surface area contributed by atoms with Gasteiger partial charge in [0.15, 0.2) is 0 Å². The van der Waals surface area contributed by atoms with Crippen LogP contribution >= 0.6 is 0 Å². The number of nitrogens with zero attached hydrogens (tertiary/aromatic N) is 2. The summed E-state index contributed by atoms with van der Waals surface area (Å²) in [5, 5.41) is 11.1. The molecular weight excluding hydrogens is 420 g/mol. The van der Waals surface area contributed by atoms with Gasteiger partial charge in [0.2, 0.25) is 0 Å². The zero-order valence-corrected chi connectivity index (χ0v) is 19.3. The van der Waals surface area contributed by atoms with Gasteiger partial charge in [-0.2, -0.15) is 0 Å². The molecule has 2 aromatic carbocycles. The van der Waals surface area contributed by atoms with Crippen molar-refractivity contribution in [1.82, 2.24) is 9.80 Å². The van der Waals surface area contributed by atoms with Crippen LogP contribution in [0.15, 0.2) is 66.8 Å². The van der Waals surface area contributed by atoms with E-state index in [0.717, 1.165) is 5.56 Å². The molecule has 7 heteroatoms. The summed E-state index contributed by atoms with van der Waals surface area (Å²) in [6, 6.07) is 13.3. The van der Waals surface area contributed by atoms with E-state index in [0.29, 0.717) is 43.4 Å². The van der Waals surface area contributed by atoms with Crippen LogP contribution in [0.25, 0.3) is 5.76 Å². The Labute approximate surface area is 194 Å². The van der Waals surface area contributed by atoms with Crippen LogP contribution < -0.4 is 9.47 Å². The summed E-state index contributed by atoms with van der Waals surface area (Å²) in [5.41, 5.74) is 1.23. The summed E-state index contributed by atoms with van der Waals surface area (Å²) < 4.78 is 11.0. The Morgan fingerprint density at radius 2 is 1.67 bits per heavy atom. The molecule has 0 saturated carbocycles. The minimum absolute atomic E-state index is 0.0719. The Kier molecular flexibility index (Phi) is 7.90. The molecule has 3 rings (SSSR count). The third-order valence-corrected chi connectivity index (χ3v) is 5.33. The molecule has 1 amide bonds. The second kappa shape index (κ2) is 10.8. The van der Waals surface area contributed by atoms with Crippen LogP contribution in [0.1, 0.15) is 24.1 Å². The van der Waals surface area contributed by atoms with Crippen LogP contribution in [0.2, 0.25) is 0 Å². The summed E-state index contributed by atoms with van der Waals surface area (Å²) in [6.07, 6.45) is 1.64. The van der Waals surface area contributed by atoms with E-state index in [9.17, 15) is 14.7 Å². The van der Waals surface area contributed by atoms with Gasteiger partial charge in [-0.25, -0.2) is 0 Å². The Bertz CT molecular complexity index is 1030. The highest BCUT2D eigenvalue weighted by atomic mass is 16.5. The van der Waals surface area contributed by atoms with Crippen molar-refractivity contribution in [2.75, 3.05) is 40.4 Å². The van der Waals surface area contributed by atoms with Crippen LogP contribution in [0.4, 0.5) is 0 Å². The third-order valence-electron chi connectivity index (χ3n) is 5.33. The fraction of sp³-hybridized carbons (Fsp3) is 0.308. The van der Waals surface area contributed by atoms with Crippen LogP contribution in [-0.4, -0.2) is 67.0 Å². The molecule has 0 aromatic heterocycles. The van der Waals surface area contributed by atoms with Crippen molar-refractivity contribution in [2.24, 2.45) is 0 Å². The van der Waals surface area contributed by atoms with E-state index in [4.69, 9.17) is 9.47 Å². The Morgan fingerprint density at radius 3 is 2.24 bits per heavy atom. The van der Waals surface area contributed by atoms with Gasteiger partial charge in [0.05, 0.1) is 18.2 Å². The van der Waals surface area contributed by atoms with Gasteiger partial charge in [0.25, 0.3) is 11.7 Å². The zero-order valence-electron chi connectivity index (χ0n) is 19.3. The second-order valence-electron chi connectivity index (χ2n) is 7.92. The first-order chi connectivity index (χ1) is 15.9. The Balaban J connectivity index is 2.04. The number of hydrogen-bond acceptors (Lipinski definition) is 6. The summed E-state index contributed by atoms with van der Waals surface area (Å²) >= 11 is 0. The van der Waals surface area contributed by atoms with Gasteiger partial charge in [0, 0.05) is 18.7 Å². The molecule has 0 spiro atoms. The van der Waals surface area contributed by atoms with Crippen LogP contribution in [0, 0.1) is 0 Å². The monoisotopic (exact) mass is 450 g/mol. The molecule has 1 N–H and O–H groups in total. The number of amides is 1. The lowest BCUT2D eigenvalue weighted by Gasteiger charge is -2.26. The molecule has 0 unspecified atom stereocenters. The summed E-state index contributed by atoms with van der Waals surface area (Å²) in [4.78, 5) is 29.5. The van der Waals surface area contributed by atoms with Crippen molar-refractivity contribution >= 4 is 17.4 Å². The maximum atomic E-state index is 13.1. The standard InChI is InChI=1S/C26H30N2O5/c1-5-17-33-21-13-9-19(10-14-21)24(29)22-23(18-7-11-20(12-8-18)32-6-2)28(16-15-27(3)4)26(31)25(22)30/h5,7-14,23,29H,1,6,15-17H2,2-4H3/b24-22+/t23-/m1/s1. The van der Waals surface area contributed by atoms with Gasteiger partial charge >= 0.3 is 0 Å². The average Bonchev–Trinajstić information content (AvgIpc) is 3.06. The largest absolute Gasteiger partial charge is 0.507 e. The van der Waals surface area contributed by atoms with E-state index in [2.05, 4.69) is 6.58 Å². The number of benzene rings is 2. The molecule has 1 fully saturated rings. The first-order valence-corrected chi connectivity index (χ1v) is 10.9. The highest BCUT2D eigenvalue weighted by molar-refractivity contribution is 6.46. The minimum Gasteiger partial charge on any atom is -0.507 e. The van der Waals surface area contributed by atoms with Crippen LogP contribution in [0.3, 0.4) is 0 Å². The van der Waals surface area contributed by atoms with Gasteiger partial charge < -0.3 is 24.4 Å². The molecule has 1 aliphatic rings. The van der Waals surface area contributed by atoms with Gasteiger partial charge in [-0.3, -0.25) is 9.59 Å². The number of carbonyl (C=O) groups is 2. The Hall–Kier alpha value is -3.58. The Morgan fingerprint density at radius 1 is 1.06 bits per heavy atom. The lowest BCUT2D eigenvalue weighted by atomic mass is 9.95. The topological polar surface area (TPSA) is 79.3 Å². The van der Waals surface area contributed by atoms with Crippen molar-refractivity contribution < 1.29 is 24.2 Å². The number of rotatable bonds is 10. The molecule has 174 valence electrons. The molecule has 1 saturated heterocycles. The lowest BCUT2D eigenvalue weighted by molar-refractivity contribution is -0.140. The minimum atomic E-state index is -0.697. The number of likely N-dealkylation sites (tertiary alicyclic amines) is 1. The lowest BCUT2D eigenvalue weighted by Crippen LogP contribution is -2.35. The number of likely N-dealkylation sites (N-methyl/N-ethyl adjacent to an activating group) is 1. The first-order valence-electron chi connectivity index (χ1n) is 10.9. The normalized spacial score (nSPS) is 17.5. The van der Waals surface area contributed by atoms with Crippen LogP contribution in [-0.2, 0) is 9.59 Å². The predicted octanol–water partition coefficient (Wildman–Crippen LogP) is 3.63. The molecule has 1 atom stereocenters. The SMILES string of the molecule is C=CCOc1ccc(/C(O)=C2\C(=O)C(=O)N(CCN(C)C)[C@@H]2c2ccc(OCC)cc2)cc1. The zero-order chi connectivity index (χ0) is 24.0. The smallest absolute Gasteiger partial charge is 0.295 e. The molecule has 2 aromatic rings. The number of carbonyl (C=O) groups excluding carboxylic acids is 2.